The molecule has 6 heteroatoms. The van der Waals surface area contributed by atoms with Crippen LogP contribution in [-0.2, 0) is 9.47 Å². The van der Waals surface area contributed by atoms with E-state index in [0.29, 0.717) is 19.0 Å². The van der Waals surface area contributed by atoms with Crippen LogP contribution in [0.1, 0.15) is 19.4 Å². The van der Waals surface area contributed by atoms with Crippen LogP contribution >= 0.6 is 27.3 Å². The van der Waals surface area contributed by atoms with Crippen molar-refractivity contribution in [1.82, 2.24) is 4.98 Å². The van der Waals surface area contributed by atoms with E-state index in [1.165, 1.54) is 0 Å². The normalized spacial score (nSPS) is 12.0. The monoisotopic (exact) mass is 356 g/mol. The minimum absolute atomic E-state index is 0.332. The maximum absolute atomic E-state index is 5.91. The summed E-state index contributed by atoms with van der Waals surface area (Å²) in [5.74, 6) is 0.538. The minimum atomic E-state index is -0.332. The molecule has 0 amide bonds. The molecule has 0 atom stereocenters. The van der Waals surface area contributed by atoms with Crippen molar-refractivity contribution in [3.8, 4) is 0 Å². The highest BCUT2D eigenvalue weighted by Gasteiger charge is 2.10. The average molecular weight is 357 g/mol. The Balaban J connectivity index is 2.31. The van der Waals surface area contributed by atoms with Gasteiger partial charge < -0.3 is 15.2 Å². The first-order chi connectivity index (χ1) is 9.67. The number of aromatic nitrogens is 1. The number of halogens is 1. The van der Waals surface area contributed by atoms with Crippen LogP contribution in [0.15, 0.2) is 22.1 Å². The number of pyridine rings is 1. The molecule has 2 aromatic rings. The van der Waals surface area contributed by atoms with Crippen LogP contribution in [0.5, 0.6) is 0 Å². The van der Waals surface area contributed by atoms with Crippen molar-refractivity contribution >= 4 is 49.2 Å². The second-order valence-electron chi connectivity index (χ2n) is 4.02. The van der Waals surface area contributed by atoms with Crippen molar-refractivity contribution < 1.29 is 9.47 Å². The zero-order valence-corrected chi connectivity index (χ0v) is 13.8. The molecular formula is C14H17BrN2O2S. The Bertz CT molecular complexity index is 606. The summed E-state index contributed by atoms with van der Waals surface area (Å²) in [6.45, 7) is 5.10. The van der Waals surface area contributed by atoms with E-state index in [1.54, 1.807) is 17.5 Å². The van der Waals surface area contributed by atoms with E-state index in [-0.39, 0.29) is 6.29 Å². The quantitative estimate of drug-likeness (QED) is 0.793. The smallest absolute Gasteiger partial charge is 0.177 e. The van der Waals surface area contributed by atoms with Crippen molar-refractivity contribution in [2.75, 3.05) is 18.9 Å². The fourth-order valence-electron chi connectivity index (χ4n) is 1.84. The van der Waals surface area contributed by atoms with Gasteiger partial charge in [0, 0.05) is 44.9 Å². The fraction of sp³-hybridized carbons (Fsp3) is 0.357. The number of fused-ring (bicyclic) bond motifs is 1. The lowest BCUT2D eigenvalue weighted by atomic mass is 10.2. The number of nitrogen functional groups attached to an aromatic ring is 1. The van der Waals surface area contributed by atoms with Gasteiger partial charge >= 0.3 is 0 Å². The summed E-state index contributed by atoms with van der Waals surface area (Å²) < 4.78 is 13.1. The maximum atomic E-state index is 5.91. The van der Waals surface area contributed by atoms with Gasteiger partial charge in [-0.3, -0.25) is 0 Å². The third kappa shape index (κ3) is 3.38. The van der Waals surface area contributed by atoms with Gasteiger partial charge in [-0.15, -0.1) is 11.3 Å². The van der Waals surface area contributed by atoms with Crippen LogP contribution in [-0.4, -0.2) is 24.5 Å². The summed E-state index contributed by atoms with van der Waals surface area (Å²) in [6, 6.07) is 0. The average Bonchev–Trinajstić information content (AvgIpc) is 2.82. The van der Waals surface area contributed by atoms with Gasteiger partial charge in [0.2, 0.25) is 0 Å². The SMILES string of the molecule is CCOC(C=Cc1cnc(N)c2c(Br)csc12)OCC. The van der Waals surface area contributed by atoms with Crippen molar-refractivity contribution in [3.63, 3.8) is 0 Å². The Hall–Kier alpha value is -0.950. The van der Waals surface area contributed by atoms with Gasteiger partial charge in [0.15, 0.2) is 6.29 Å². The van der Waals surface area contributed by atoms with Gasteiger partial charge in [-0.2, -0.15) is 0 Å². The van der Waals surface area contributed by atoms with Crippen molar-refractivity contribution in [2.45, 2.75) is 20.1 Å². The Morgan fingerprint density at radius 3 is 2.75 bits per heavy atom. The Morgan fingerprint density at radius 2 is 2.10 bits per heavy atom. The molecule has 4 nitrogen and oxygen atoms in total. The molecule has 0 fully saturated rings. The number of hydrogen-bond donors (Lipinski definition) is 1. The van der Waals surface area contributed by atoms with Crippen LogP contribution in [0.2, 0.25) is 0 Å². The first-order valence-corrected chi connectivity index (χ1v) is 8.07. The molecule has 0 radical (unpaired) electrons. The lowest BCUT2D eigenvalue weighted by Gasteiger charge is -2.12. The molecule has 0 aliphatic carbocycles. The molecule has 2 heterocycles. The van der Waals surface area contributed by atoms with Crippen LogP contribution in [0, 0.1) is 0 Å². The molecule has 0 aliphatic heterocycles. The van der Waals surface area contributed by atoms with Gasteiger partial charge in [0.05, 0.1) is 0 Å². The Labute approximate surface area is 130 Å². The zero-order chi connectivity index (χ0) is 14.5. The highest BCUT2D eigenvalue weighted by molar-refractivity contribution is 9.10. The number of rotatable bonds is 6. The number of hydrogen-bond acceptors (Lipinski definition) is 5. The van der Waals surface area contributed by atoms with Gasteiger partial charge in [0.1, 0.15) is 5.82 Å². The third-order valence-electron chi connectivity index (χ3n) is 2.70. The van der Waals surface area contributed by atoms with Gasteiger partial charge in [-0.05, 0) is 35.9 Å². The van der Waals surface area contributed by atoms with E-state index in [0.717, 1.165) is 20.1 Å². The van der Waals surface area contributed by atoms with E-state index in [2.05, 4.69) is 20.9 Å². The lowest BCUT2D eigenvalue weighted by molar-refractivity contribution is -0.103. The number of nitrogens with two attached hydrogens (primary N) is 1. The van der Waals surface area contributed by atoms with Crippen LogP contribution < -0.4 is 5.73 Å². The molecule has 0 saturated heterocycles. The van der Waals surface area contributed by atoms with E-state index < -0.39 is 0 Å². The van der Waals surface area contributed by atoms with Gasteiger partial charge in [-0.25, -0.2) is 4.98 Å². The molecule has 0 aromatic carbocycles. The first kappa shape index (κ1) is 15.4. The van der Waals surface area contributed by atoms with Crippen LogP contribution in [0.4, 0.5) is 5.82 Å². The third-order valence-corrected chi connectivity index (χ3v) is 4.66. The molecule has 2 rings (SSSR count). The minimum Gasteiger partial charge on any atom is -0.383 e. The maximum Gasteiger partial charge on any atom is 0.177 e. The zero-order valence-electron chi connectivity index (χ0n) is 11.4. The van der Waals surface area contributed by atoms with Crippen molar-refractivity contribution in [1.29, 1.82) is 0 Å². The molecule has 2 aromatic heterocycles. The largest absolute Gasteiger partial charge is 0.383 e. The number of anilines is 1. The highest BCUT2D eigenvalue weighted by atomic mass is 79.9. The second-order valence-corrected chi connectivity index (χ2v) is 5.76. The van der Waals surface area contributed by atoms with E-state index in [4.69, 9.17) is 15.2 Å². The molecular weight excluding hydrogens is 340 g/mol. The topological polar surface area (TPSA) is 57.4 Å². The standard InChI is InChI=1S/C14H17BrN2O2S/c1-3-18-11(19-4-2)6-5-9-7-17-14(16)12-10(15)8-20-13(9)12/h5-8,11H,3-4H2,1-2H3,(H2,16,17). The number of ether oxygens (including phenoxy) is 2. The number of thiophene rings is 1. The van der Waals surface area contributed by atoms with E-state index in [9.17, 15) is 0 Å². The molecule has 2 N–H and O–H groups in total. The van der Waals surface area contributed by atoms with Crippen molar-refractivity contribution in [3.05, 3.63) is 27.7 Å². The molecule has 108 valence electrons. The highest BCUT2D eigenvalue weighted by Crippen LogP contribution is 2.36. The summed E-state index contributed by atoms with van der Waals surface area (Å²) >= 11 is 5.13. The Morgan fingerprint density at radius 1 is 1.40 bits per heavy atom. The van der Waals surface area contributed by atoms with E-state index >= 15 is 0 Å². The molecule has 0 spiro atoms. The Kier molecular flexibility index (Phi) is 5.54. The van der Waals surface area contributed by atoms with Gasteiger partial charge in [-0.1, -0.05) is 6.08 Å². The predicted octanol–water partition coefficient (Wildman–Crippen LogP) is 4.05. The molecule has 0 unspecified atom stereocenters. The summed E-state index contributed by atoms with van der Waals surface area (Å²) in [4.78, 5) is 4.23. The summed E-state index contributed by atoms with van der Waals surface area (Å²) in [6.07, 6.45) is 5.30. The molecule has 0 aliphatic rings. The lowest BCUT2D eigenvalue weighted by Crippen LogP contribution is -2.13. The van der Waals surface area contributed by atoms with Crippen molar-refractivity contribution in [2.24, 2.45) is 0 Å². The fourth-order valence-corrected chi connectivity index (χ4v) is 3.58. The molecule has 0 saturated carbocycles. The summed E-state index contributed by atoms with van der Waals surface area (Å²) in [7, 11) is 0. The summed E-state index contributed by atoms with van der Waals surface area (Å²) in [5, 5.41) is 2.98. The van der Waals surface area contributed by atoms with E-state index in [1.807, 2.05) is 31.4 Å². The van der Waals surface area contributed by atoms with Gasteiger partial charge in [0.25, 0.3) is 0 Å². The number of nitrogens with zero attached hydrogens (tertiary/aromatic N) is 1. The summed E-state index contributed by atoms with van der Waals surface area (Å²) in [5.41, 5.74) is 6.92. The van der Waals surface area contributed by atoms with Crippen LogP contribution in [0.3, 0.4) is 0 Å². The predicted molar refractivity (Wildman–Crippen MR) is 87.8 cm³/mol. The molecule has 0 bridgehead atoms. The van der Waals surface area contributed by atoms with Crippen LogP contribution in [0.25, 0.3) is 16.2 Å². The molecule has 20 heavy (non-hydrogen) atoms. The second kappa shape index (κ2) is 7.17. The first-order valence-electron chi connectivity index (χ1n) is 6.39.